The third-order valence-electron chi connectivity index (χ3n) is 5.78. The Labute approximate surface area is 207 Å². The Morgan fingerprint density at radius 2 is 1.71 bits per heavy atom. The van der Waals surface area contributed by atoms with Crippen LogP contribution in [0.3, 0.4) is 0 Å². The Kier molecular flexibility index (Phi) is 11.8. The molecule has 0 saturated heterocycles. The zero-order chi connectivity index (χ0) is 24.9. The van der Waals surface area contributed by atoms with Gasteiger partial charge < -0.3 is 16.4 Å². The summed E-state index contributed by atoms with van der Waals surface area (Å²) in [5.74, 6) is -0.777. The van der Waals surface area contributed by atoms with Gasteiger partial charge in [0.15, 0.2) is 0 Å². The van der Waals surface area contributed by atoms with Gasteiger partial charge in [0.1, 0.15) is 0 Å². The minimum Gasteiger partial charge on any atom is -0.365 e. The molecule has 3 amide bonds. The van der Waals surface area contributed by atoms with Crippen molar-refractivity contribution in [3.63, 3.8) is 0 Å². The van der Waals surface area contributed by atoms with Crippen LogP contribution in [-0.2, 0) is 16.1 Å². The van der Waals surface area contributed by atoms with Crippen molar-refractivity contribution < 1.29 is 14.4 Å². The molecule has 0 unspecified atom stereocenters. The molecule has 0 aliphatic rings. The van der Waals surface area contributed by atoms with E-state index in [0.717, 1.165) is 36.0 Å². The smallest absolute Gasteiger partial charge is 0.259 e. The van der Waals surface area contributed by atoms with Gasteiger partial charge in [-0.05, 0) is 48.9 Å². The predicted octanol–water partition coefficient (Wildman–Crippen LogP) is 3.92. The van der Waals surface area contributed by atoms with Gasteiger partial charge in [-0.1, -0.05) is 62.9 Å². The summed E-state index contributed by atoms with van der Waals surface area (Å²) in [6.45, 7) is 7.22. The van der Waals surface area contributed by atoms with E-state index in [0.29, 0.717) is 11.4 Å². The maximum absolute atomic E-state index is 12.7. The second-order valence-electron chi connectivity index (χ2n) is 8.69. The quantitative estimate of drug-likeness (QED) is 0.332. The number of hydrogen-bond acceptors (Lipinski definition) is 5. The lowest BCUT2D eigenvalue weighted by atomic mass is 10.1. The number of nitrogens with zero attached hydrogens (tertiary/aromatic N) is 1. The monoisotopic (exact) mass is 486 g/mol. The van der Waals surface area contributed by atoms with Crippen LogP contribution in [0, 0.1) is 6.92 Å². The van der Waals surface area contributed by atoms with Crippen LogP contribution < -0.4 is 16.4 Å². The molecule has 7 nitrogen and oxygen atoms in total. The van der Waals surface area contributed by atoms with E-state index in [-0.39, 0.29) is 37.5 Å². The number of rotatable bonds is 15. The molecule has 0 saturated carbocycles. The first-order valence-corrected chi connectivity index (χ1v) is 12.9. The summed E-state index contributed by atoms with van der Waals surface area (Å²) < 4.78 is 0. The number of benzene rings is 1. The zero-order valence-electron chi connectivity index (χ0n) is 20.6. The topological polar surface area (TPSA) is 105 Å². The molecule has 2 aromatic rings. The highest BCUT2D eigenvalue weighted by Gasteiger charge is 2.18. The van der Waals surface area contributed by atoms with E-state index in [1.165, 1.54) is 24.2 Å². The minimum absolute atomic E-state index is 0.109. The van der Waals surface area contributed by atoms with Crippen LogP contribution in [0.4, 0.5) is 0 Å². The Morgan fingerprint density at radius 3 is 2.38 bits per heavy atom. The predicted molar refractivity (Wildman–Crippen MR) is 138 cm³/mol. The number of amides is 3. The number of thiophene rings is 1. The second-order valence-corrected chi connectivity index (χ2v) is 9.57. The SMILES string of the molecule is CCCCCCCN(CC(=O)NCc1c(C)csc1C(N)=O)CC(=O)N[C@H](C)c1ccccc1. The summed E-state index contributed by atoms with van der Waals surface area (Å²) in [4.78, 5) is 39.4. The number of unbranched alkanes of at least 4 members (excludes halogenated alkanes) is 4. The zero-order valence-corrected chi connectivity index (χ0v) is 21.4. The van der Waals surface area contributed by atoms with Gasteiger partial charge in [-0.15, -0.1) is 11.3 Å². The third kappa shape index (κ3) is 9.27. The molecule has 1 aromatic carbocycles. The van der Waals surface area contributed by atoms with Gasteiger partial charge in [-0.2, -0.15) is 0 Å². The Bertz CT molecular complexity index is 929. The van der Waals surface area contributed by atoms with Crippen molar-refractivity contribution in [2.45, 2.75) is 65.5 Å². The lowest BCUT2D eigenvalue weighted by Gasteiger charge is -2.23. The molecule has 1 atom stereocenters. The van der Waals surface area contributed by atoms with Crippen molar-refractivity contribution in [3.8, 4) is 0 Å². The molecule has 0 aliphatic carbocycles. The standard InChI is InChI=1S/C26H38N4O3S/c1-4-5-6-7-11-14-30(17-24(32)29-20(3)21-12-9-8-10-13-21)16-23(31)28-15-22-19(2)18-34-25(22)26(27)33/h8-10,12-13,18,20H,4-7,11,14-17H2,1-3H3,(H2,27,33)(H,28,31)(H,29,32)/t20-/m1/s1. The summed E-state index contributed by atoms with van der Waals surface area (Å²) in [6, 6.07) is 9.70. The van der Waals surface area contributed by atoms with Crippen LogP contribution in [0.2, 0.25) is 0 Å². The number of nitrogens with two attached hydrogens (primary N) is 1. The van der Waals surface area contributed by atoms with Crippen LogP contribution in [-0.4, -0.2) is 42.3 Å². The molecule has 0 spiro atoms. The van der Waals surface area contributed by atoms with Gasteiger partial charge in [0.25, 0.3) is 5.91 Å². The number of aryl methyl sites for hydroxylation is 1. The van der Waals surface area contributed by atoms with E-state index in [1.54, 1.807) is 0 Å². The summed E-state index contributed by atoms with van der Waals surface area (Å²) >= 11 is 1.29. The molecule has 8 heteroatoms. The molecule has 186 valence electrons. The highest BCUT2D eigenvalue weighted by molar-refractivity contribution is 7.12. The summed E-state index contributed by atoms with van der Waals surface area (Å²) in [7, 11) is 0. The van der Waals surface area contributed by atoms with Crippen LogP contribution in [0.5, 0.6) is 0 Å². The maximum Gasteiger partial charge on any atom is 0.259 e. The van der Waals surface area contributed by atoms with Crippen LogP contribution in [0.15, 0.2) is 35.7 Å². The van der Waals surface area contributed by atoms with E-state index in [4.69, 9.17) is 5.73 Å². The lowest BCUT2D eigenvalue weighted by molar-refractivity contribution is -0.125. The normalized spacial score (nSPS) is 11.9. The highest BCUT2D eigenvalue weighted by Crippen LogP contribution is 2.21. The largest absolute Gasteiger partial charge is 0.365 e. The molecule has 2 rings (SSSR count). The van der Waals surface area contributed by atoms with Gasteiger partial charge in [0, 0.05) is 6.54 Å². The fourth-order valence-corrected chi connectivity index (χ4v) is 4.74. The van der Waals surface area contributed by atoms with Gasteiger partial charge in [-0.25, -0.2) is 0 Å². The van der Waals surface area contributed by atoms with E-state index in [1.807, 2.05) is 54.5 Å². The number of primary amides is 1. The molecule has 0 radical (unpaired) electrons. The first-order chi connectivity index (χ1) is 16.3. The average Bonchev–Trinajstić information content (AvgIpc) is 3.18. The first-order valence-electron chi connectivity index (χ1n) is 12.0. The van der Waals surface area contributed by atoms with Crippen molar-refractivity contribution in [1.82, 2.24) is 15.5 Å². The third-order valence-corrected chi connectivity index (χ3v) is 6.93. The van der Waals surface area contributed by atoms with Crippen molar-refractivity contribution >= 4 is 29.1 Å². The van der Waals surface area contributed by atoms with E-state index < -0.39 is 5.91 Å². The summed E-state index contributed by atoms with van der Waals surface area (Å²) in [6.07, 6.45) is 5.52. The van der Waals surface area contributed by atoms with E-state index in [9.17, 15) is 14.4 Å². The Balaban J connectivity index is 1.93. The molecule has 0 fully saturated rings. The summed E-state index contributed by atoms with van der Waals surface area (Å²) in [5, 5.41) is 7.78. The van der Waals surface area contributed by atoms with Gasteiger partial charge in [0.2, 0.25) is 11.8 Å². The van der Waals surface area contributed by atoms with Crippen molar-refractivity contribution in [1.29, 1.82) is 0 Å². The lowest BCUT2D eigenvalue weighted by Crippen LogP contribution is -2.43. The highest BCUT2D eigenvalue weighted by atomic mass is 32.1. The van der Waals surface area contributed by atoms with Crippen molar-refractivity contribution in [3.05, 3.63) is 57.3 Å². The number of carbonyl (C=O) groups excluding carboxylic acids is 3. The van der Waals surface area contributed by atoms with Crippen LogP contribution in [0.25, 0.3) is 0 Å². The molecule has 34 heavy (non-hydrogen) atoms. The van der Waals surface area contributed by atoms with Crippen LogP contribution in [0.1, 0.15) is 78.4 Å². The molecule has 4 N–H and O–H groups in total. The molecular formula is C26H38N4O3S. The molecular weight excluding hydrogens is 448 g/mol. The van der Waals surface area contributed by atoms with Crippen molar-refractivity contribution in [2.75, 3.05) is 19.6 Å². The molecule has 0 aliphatic heterocycles. The molecule has 1 aromatic heterocycles. The van der Waals surface area contributed by atoms with Gasteiger partial charge in [-0.3, -0.25) is 19.3 Å². The fraction of sp³-hybridized carbons (Fsp3) is 0.500. The second kappa shape index (κ2) is 14.5. The number of carbonyl (C=O) groups is 3. The minimum atomic E-state index is -0.486. The first kappa shape index (κ1) is 27.5. The maximum atomic E-state index is 12.7. The molecule has 0 bridgehead atoms. The van der Waals surface area contributed by atoms with Gasteiger partial charge >= 0.3 is 0 Å². The Morgan fingerprint density at radius 1 is 1.03 bits per heavy atom. The average molecular weight is 487 g/mol. The number of hydrogen-bond donors (Lipinski definition) is 3. The van der Waals surface area contributed by atoms with E-state index in [2.05, 4.69) is 17.6 Å². The van der Waals surface area contributed by atoms with Crippen LogP contribution >= 0.6 is 11.3 Å². The fourth-order valence-electron chi connectivity index (χ4n) is 3.81. The number of nitrogens with one attached hydrogen (secondary N) is 2. The Hall–Kier alpha value is -2.71. The van der Waals surface area contributed by atoms with Crippen molar-refractivity contribution in [2.24, 2.45) is 5.73 Å². The summed E-state index contributed by atoms with van der Waals surface area (Å²) in [5.41, 5.74) is 8.17. The van der Waals surface area contributed by atoms with E-state index >= 15 is 0 Å². The van der Waals surface area contributed by atoms with Gasteiger partial charge in [0.05, 0.1) is 24.0 Å². The molecule has 1 heterocycles.